The quantitative estimate of drug-likeness (QED) is 0.770. The summed E-state index contributed by atoms with van der Waals surface area (Å²) in [7, 11) is 1.69. The molecule has 1 fully saturated rings. The van der Waals surface area contributed by atoms with Crippen molar-refractivity contribution in [3.63, 3.8) is 0 Å². The first kappa shape index (κ1) is 13.0. The second kappa shape index (κ2) is 5.45. The van der Waals surface area contributed by atoms with Crippen LogP contribution in [0.3, 0.4) is 0 Å². The summed E-state index contributed by atoms with van der Waals surface area (Å²) in [6.07, 6.45) is 3.74. The van der Waals surface area contributed by atoms with E-state index in [0.29, 0.717) is 12.3 Å². The molecule has 7 nitrogen and oxygen atoms in total. The maximum absolute atomic E-state index is 10.3. The van der Waals surface area contributed by atoms with Crippen LogP contribution in [-0.2, 0) is 27.3 Å². The van der Waals surface area contributed by atoms with E-state index < -0.39 is 5.97 Å². The van der Waals surface area contributed by atoms with Crippen LogP contribution in [-0.4, -0.2) is 40.6 Å². The zero-order valence-corrected chi connectivity index (χ0v) is 10.2. The van der Waals surface area contributed by atoms with Crippen LogP contribution in [0.25, 0.3) is 0 Å². The summed E-state index contributed by atoms with van der Waals surface area (Å²) < 4.78 is 15.7. The maximum atomic E-state index is 10.3. The van der Waals surface area contributed by atoms with Gasteiger partial charge in [-0.3, -0.25) is 0 Å². The van der Waals surface area contributed by atoms with Crippen molar-refractivity contribution < 1.29 is 23.8 Å². The Morgan fingerprint density at radius 1 is 1.44 bits per heavy atom. The van der Waals surface area contributed by atoms with Crippen molar-refractivity contribution >= 4 is 5.97 Å². The van der Waals surface area contributed by atoms with Crippen LogP contribution < -0.4 is 0 Å². The molecule has 0 aliphatic heterocycles. The van der Waals surface area contributed by atoms with E-state index in [1.165, 1.54) is 0 Å². The van der Waals surface area contributed by atoms with Crippen LogP contribution in [0.1, 0.15) is 31.0 Å². The summed E-state index contributed by atoms with van der Waals surface area (Å²) in [4.78, 5) is 10.3. The first-order valence-corrected chi connectivity index (χ1v) is 5.79. The fourth-order valence-corrected chi connectivity index (χ4v) is 1.94. The number of hydrogen-bond acceptors (Lipinski definition) is 6. The Morgan fingerprint density at radius 2 is 2.17 bits per heavy atom. The highest BCUT2D eigenvalue weighted by Crippen LogP contribution is 2.37. The van der Waals surface area contributed by atoms with Gasteiger partial charge in [0.25, 0.3) is 0 Å². The van der Waals surface area contributed by atoms with Gasteiger partial charge in [0.1, 0.15) is 13.2 Å². The van der Waals surface area contributed by atoms with Gasteiger partial charge in [0.2, 0.25) is 11.8 Å². The minimum atomic E-state index is -1.03. The molecule has 7 heteroatoms. The zero-order chi connectivity index (χ0) is 13.0. The smallest absolute Gasteiger partial charge is 0.329 e. The van der Waals surface area contributed by atoms with Crippen molar-refractivity contribution in [3.8, 4) is 0 Å². The number of nitrogens with zero attached hydrogens (tertiary/aromatic N) is 2. The average Bonchev–Trinajstić information content (AvgIpc) is 2.71. The van der Waals surface area contributed by atoms with Crippen LogP contribution in [0.15, 0.2) is 4.42 Å². The molecule has 18 heavy (non-hydrogen) atoms. The van der Waals surface area contributed by atoms with Gasteiger partial charge >= 0.3 is 5.97 Å². The second-order valence-corrected chi connectivity index (χ2v) is 4.39. The lowest BCUT2D eigenvalue weighted by atomic mass is 9.77. The molecule has 1 N–H and O–H groups in total. The van der Waals surface area contributed by atoms with Crippen LogP contribution in [0.4, 0.5) is 0 Å². The number of carbonyl (C=O) groups is 1. The maximum Gasteiger partial charge on any atom is 0.329 e. The highest BCUT2D eigenvalue weighted by atomic mass is 16.5. The lowest BCUT2D eigenvalue weighted by Gasteiger charge is -2.39. The lowest BCUT2D eigenvalue weighted by Crippen LogP contribution is -2.41. The fraction of sp³-hybridized carbons (Fsp3) is 0.727. The molecule has 0 unspecified atom stereocenters. The van der Waals surface area contributed by atoms with Crippen molar-refractivity contribution in [1.29, 1.82) is 0 Å². The molecule has 0 spiro atoms. The second-order valence-electron chi connectivity index (χ2n) is 4.39. The van der Waals surface area contributed by atoms with Gasteiger partial charge in [-0.2, -0.15) is 0 Å². The van der Waals surface area contributed by atoms with E-state index in [1.807, 2.05) is 0 Å². The molecule has 0 radical (unpaired) electrons. The molecule has 1 saturated carbocycles. The van der Waals surface area contributed by atoms with E-state index in [1.54, 1.807) is 7.11 Å². The predicted octanol–water partition coefficient (Wildman–Crippen LogP) is 0.782. The summed E-state index contributed by atoms with van der Waals surface area (Å²) in [5, 5.41) is 16.1. The van der Waals surface area contributed by atoms with Crippen LogP contribution in [0.5, 0.6) is 0 Å². The Labute approximate surface area is 104 Å². The van der Waals surface area contributed by atoms with Gasteiger partial charge in [0.15, 0.2) is 0 Å². The van der Waals surface area contributed by atoms with Crippen molar-refractivity contribution in [2.75, 3.05) is 13.7 Å². The van der Waals surface area contributed by atoms with Gasteiger partial charge in [-0.15, -0.1) is 10.2 Å². The molecule has 0 aromatic carbocycles. The average molecular weight is 256 g/mol. The van der Waals surface area contributed by atoms with Crippen LogP contribution in [0.2, 0.25) is 0 Å². The number of methoxy groups -OCH3 is 1. The molecule has 0 amide bonds. The summed E-state index contributed by atoms with van der Waals surface area (Å²) in [6, 6.07) is 0. The van der Waals surface area contributed by atoms with E-state index in [2.05, 4.69) is 10.2 Å². The van der Waals surface area contributed by atoms with Gasteiger partial charge in [0.05, 0.1) is 12.0 Å². The third-order valence-corrected chi connectivity index (χ3v) is 3.13. The number of rotatable bonds is 7. The largest absolute Gasteiger partial charge is 0.480 e. The highest BCUT2D eigenvalue weighted by Gasteiger charge is 2.38. The van der Waals surface area contributed by atoms with E-state index in [9.17, 15) is 4.79 Å². The molecular formula is C11H16N2O5. The van der Waals surface area contributed by atoms with E-state index in [-0.39, 0.29) is 24.7 Å². The normalized spacial score (nSPS) is 17.4. The number of carboxylic acids is 1. The highest BCUT2D eigenvalue weighted by molar-refractivity contribution is 5.67. The Balaban J connectivity index is 1.84. The van der Waals surface area contributed by atoms with Crippen molar-refractivity contribution in [2.24, 2.45) is 0 Å². The number of carboxylic acid groups (broad SMARTS) is 1. The summed E-state index contributed by atoms with van der Waals surface area (Å²) >= 11 is 0. The van der Waals surface area contributed by atoms with Gasteiger partial charge in [0, 0.05) is 7.11 Å². The Morgan fingerprint density at radius 3 is 2.72 bits per heavy atom. The summed E-state index contributed by atoms with van der Waals surface area (Å²) in [5.41, 5.74) is -0.161. The van der Waals surface area contributed by atoms with Crippen molar-refractivity contribution in [1.82, 2.24) is 10.2 Å². The van der Waals surface area contributed by atoms with Gasteiger partial charge in [-0.05, 0) is 19.3 Å². The minimum absolute atomic E-state index is 0.0132. The SMILES string of the molecule is COC1(Cc2nnc(COCC(=O)O)o2)CCC1. The molecule has 100 valence electrons. The Bertz CT molecular complexity index is 408. The van der Waals surface area contributed by atoms with Gasteiger partial charge < -0.3 is 19.0 Å². The van der Waals surface area contributed by atoms with Gasteiger partial charge in [-0.1, -0.05) is 0 Å². The standard InChI is InChI=1S/C11H16N2O5/c1-16-11(3-2-4-11)5-8-12-13-9(18-8)6-17-7-10(14)15/h2-7H2,1H3,(H,14,15). The molecule has 0 bridgehead atoms. The van der Waals surface area contributed by atoms with Crippen molar-refractivity contribution in [3.05, 3.63) is 11.8 Å². The lowest BCUT2D eigenvalue weighted by molar-refractivity contribution is -0.142. The van der Waals surface area contributed by atoms with E-state index in [0.717, 1.165) is 19.3 Å². The first-order valence-electron chi connectivity index (χ1n) is 5.79. The van der Waals surface area contributed by atoms with Crippen LogP contribution in [0, 0.1) is 0 Å². The van der Waals surface area contributed by atoms with Crippen LogP contribution >= 0.6 is 0 Å². The fourth-order valence-electron chi connectivity index (χ4n) is 1.94. The van der Waals surface area contributed by atoms with E-state index in [4.69, 9.17) is 19.0 Å². The molecule has 0 atom stereocenters. The predicted molar refractivity (Wildman–Crippen MR) is 58.9 cm³/mol. The number of hydrogen-bond donors (Lipinski definition) is 1. The minimum Gasteiger partial charge on any atom is -0.480 e. The molecule has 2 rings (SSSR count). The molecule has 1 heterocycles. The summed E-state index contributed by atoms with van der Waals surface area (Å²) in [5.74, 6) is -0.232. The van der Waals surface area contributed by atoms with Gasteiger partial charge in [-0.25, -0.2) is 4.79 Å². The molecule has 1 aliphatic carbocycles. The number of aromatic nitrogens is 2. The molecule has 0 saturated heterocycles. The third-order valence-electron chi connectivity index (χ3n) is 3.13. The number of ether oxygens (including phenoxy) is 2. The number of aliphatic carboxylic acids is 1. The van der Waals surface area contributed by atoms with Crippen molar-refractivity contribution in [2.45, 2.75) is 37.9 Å². The molecule has 1 aromatic rings. The van der Waals surface area contributed by atoms with E-state index >= 15 is 0 Å². The molecule has 1 aromatic heterocycles. The topological polar surface area (TPSA) is 94.7 Å². The summed E-state index contributed by atoms with van der Waals surface area (Å²) in [6.45, 7) is -0.362. The molecule has 1 aliphatic rings. The Kier molecular flexibility index (Phi) is 3.93. The first-order chi connectivity index (χ1) is 8.63. The monoisotopic (exact) mass is 256 g/mol. The molecular weight excluding hydrogens is 240 g/mol. The zero-order valence-electron chi connectivity index (χ0n) is 10.2. The third kappa shape index (κ3) is 3.05. The Hall–Kier alpha value is -1.47.